The molecule has 1 unspecified atom stereocenters. The lowest BCUT2D eigenvalue weighted by atomic mass is 9.99. The molecule has 0 radical (unpaired) electrons. The molecule has 35 heteroatoms. The standard InChI is InChI=1S/C25H28N2O5S.C23H21Cl2NO4S.C22H17Cl2NO6S.C18H11Cl3FNO3S/c1-31-18-6-2-15(3-7-18)12-27-13-17(28)14-32-19-8-9-20-22(10-19)33-23(24(20)25(26)30)11-21(29)16-4-5-16;1-11(2)14-6-4-13(5-7-14)8-15(28)9-18-19(23(26)29)16-10-17(24)21(30-12(3)27)20(25)22(16)31-18;1-10(26)31-19-15(23)9-14-17(21(25)28)16(32-20(14)18(19)24)8-13(27)7-11-4-3-5-12(6-11)22(29)30-2;19-10-4-7(1-2-12(10)22)3-8(24)5-13-14(18(23)26)9-6-11(20)16(25)15(21)17(9)27-13/h2-3,6-10,16-17,27-28H,4-5,11-14H2,1H3,(H2,26,30);4-7,10-11H,8-9H2,1-3H3,(H2,26,29);3-6,9H,7-8H2,1-2H3,(H2,25,28);1-2,4,6,25H,3,5H2,(H2,23,26). The molecule has 4 amide bonds. The van der Waals surface area contributed by atoms with Gasteiger partial charge in [0.15, 0.2) is 17.2 Å². The van der Waals surface area contributed by atoms with Gasteiger partial charge in [-0.1, -0.05) is 150 Å². The minimum atomic E-state index is -0.737. The molecule has 123 heavy (non-hydrogen) atoms. The zero-order valence-corrected chi connectivity index (χ0v) is 74.8. The first-order valence-electron chi connectivity index (χ1n) is 37.4. The molecule has 1 aliphatic rings. The highest BCUT2D eigenvalue weighted by atomic mass is 35.5. The van der Waals surface area contributed by atoms with Crippen LogP contribution in [0.25, 0.3) is 40.3 Å². The Morgan fingerprint density at radius 1 is 0.496 bits per heavy atom. The Kier molecular flexibility index (Phi) is 32.8. The maximum atomic E-state index is 13.2. The van der Waals surface area contributed by atoms with Crippen molar-refractivity contribution in [1.82, 2.24) is 5.32 Å². The van der Waals surface area contributed by atoms with Crippen molar-refractivity contribution in [3.05, 3.63) is 244 Å². The van der Waals surface area contributed by atoms with E-state index in [9.17, 15) is 67.3 Å². The molecule has 1 aliphatic carbocycles. The monoisotopic (exact) mass is 1880 g/mol. The second kappa shape index (κ2) is 42.5. The third-order valence-electron chi connectivity index (χ3n) is 18.9. The minimum Gasteiger partial charge on any atom is -0.505 e. The van der Waals surface area contributed by atoms with Gasteiger partial charge in [-0.25, -0.2) is 9.18 Å². The predicted octanol–water partition coefficient (Wildman–Crippen LogP) is 18.3. The molecule has 0 spiro atoms. The van der Waals surface area contributed by atoms with Crippen molar-refractivity contribution in [3.63, 3.8) is 0 Å². The SMILES string of the molecule is CC(=O)Oc1c(Cl)cc2c(C(N)=O)c(CC(=O)Cc3ccc(C(C)C)cc3)sc2c1Cl.COC(=O)c1cccc(CC(=O)Cc2sc3c(Cl)c(OC(C)=O)c(Cl)cc3c2C(N)=O)c1.COc1ccc(CNCC(O)COc2ccc3c(C(N)=O)c(CC(=O)C4CC4)sc3c2)cc1.NC(=O)c1c(CC(=O)Cc2ccc(F)c(Cl)c2)sc2c(Cl)c(O)c(Cl)cc12. The summed E-state index contributed by atoms with van der Waals surface area (Å²) >= 11 is 47.7. The number of carbonyl (C=O) groups is 11. The van der Waals surface area contributed by atoms with Crippen molar-refractivity contribution in [2.24, 2.45) is 28.9 Å². The number of esters is 3. The molecule has 0 saturated heterocycles. The van der Waals surface area contributed by atoms with Gasteiger partial charge >= 0.3 is 17.9 Å². The summed E-state index contributed by atoms with van der Waals surface area (Å²) in [6, 6.07) is 35.9. The van der Waals surface area contributed by atoms with Crippen molar-refractivity contribution in [2.45, 2.75) is 104 Å². The molecular formula is C88H77Cl7FN5O18S4. The van der Waals surface area contributed by atoms with E-state index in [-0.39, 0.29) is 150 Å². The van der Waals surface area contributed by atoms with Gasteiger partial charge in [-0.3, -0.25) is 47.9 Å². The number of fused-ring (bicyclic) bond motifs is 4. The van der Waals surface area contributed by atoms with E-state index < -0.39 is 53.5 Å². The maximum Gasteiger partial charge on any atom is 0.337 e. The molecule has 11 N–H and O–H groups in total. The van der Waals surface area contributed by atoms with Crippen LogP contribution < -0.4 is 47.2 Å². The number of aromatic hydroxyl groups is 1. The van der Waals surface area contributed by atoms with Gasteiger partial charge in [-0.15, -0.1) is 45.3 Å². The van der Waals surface area contributed by atoms with Gasteiger partial charge < -0.3 is 62.1 Å². The number of aliphatic hydroxyl groups excluding tert-OH is 1. The van der Waals surface area contributed by atoms with Crippen LogP contribution in [0.1, 0.15) is 146 Å². The largest absolute Gasteiger partial charge is 0.505 e. The third kappa shape index (κ3) is 24.3. The number of benzene rings is 8. The van der Waals surface area contributed by atoms with Crippen LogP contribution in [0.4, 0.5) is 4.39 Å². The number of amides is 4. The molecule has 1 fully saturated rings. The van der Waals surface area contributed by atoms with Crippen LogP contribution in [-0.2, 0) is 85.0 Å². The number of primary amides is 4. The zero-order chi connectivity index (χ0) is 89.7. The minimum absolute atomic E-state index is 0.00554. The Morgan fingerprint density at radius 3 is 1.41 bits per heavy atom. The molecule has 4 heterocycles. The van der Waals surface area contributed by atoms with Crippen LogP contribution in [0.3, 0.4) is 0 Å². The van der Waals surface area contributed by atoms with E-state index in [1.54, 1.807) is 43.5 Å². The van der Waals surface area contributed by atoms with Gasteiger partial charge in [0, 0.05) is 124 Å². The quantitative estimate of drug-likeness (QED) is 0.0157. The molecule has 4 aromatic heterocycles. The van der Waals surface area contributed by atoms with Crippen LogP contribution in [0, 0.1) is 11.7 Å². The van der Waals surface area contributed by atoms with Gasteiger partial charge in [0.2, 0.25) is 23.6 Å². The second-order valence-corrected chi connectivity index (χ2v) is 35.6. The number of phenolic OH excluding ortho intramolecular Hbond substituents is 1. The number of rotatable bonds is 31. The Balaban J connectivity index is 0.000000172. The Bertz CT molecular complexity index is 6170. The number of thiophene rings is 4. The number of ketones is 4. The van der Waals surface area contributed by atoms with Crippen molar-refractivity contribution >= 4 is 232 Å². The summed E-state index contributed by atoms with van der Waals surface area (Å²) in [6.45, 7) is 7.79. The summed E-state index contributed by atoms with van der Waals surface area (Å²) in [4.78, 5) is 135. The van der Waals surface area contributed by atoms with Gasteiger partial charge in [-0.05, 0) is 119 Å². The third-order valence-corrected chi connectivity index (χ3v) is 26.3. The van der Waals surface area contributed by atoms with Gasteiger partial charge in [0.25, 0.3) is 0 Å². The Morgan fingerprint density at radius 2 is 0.943 bits per heavy atom. The van der Waals surface area contributed by atoms with Crippen molar-refractivity contribution in [3.8, 4) is 28.7 Å². The highest BCUT2D eigenvalue weighted by molar-refractivity contribution is 7.21. The lowest BCUT2D eigenvalue weighted by Gasteiger charge is -2.13. The summed E-state index contributed by atoms with van der Waals surface area (Å²) in [7, 11) is 2.91. The fourth-order valence-corrected chi connectivity index (χ4v) is 20.0. The Hall–Kier alpha value is -10.2. The normalized spacial score (nSPS) is 11.9. The average Bonchev–Trinajstić information content (AvgIpc) is 1.64. The van der Waals surface area contributed by atoms with Crippen molar-refractivity contribution < 1.29 is 91.0 Å². The topological polar surface area (TPSA) is 390 Å². The summed E-state index contributed by atoms with van der Waals surface area (Å²) in [5.74, 6) is -3.61. The maximum absolute atomic E-state index is 13.2. The number of Topliss-reactive ketones (excluding diaryl/α,β-unsaturated/α-hetero) is 4. The van der Waals surface area contributed by atoms with Crippen LogP contribution in [0.5, 0.6) is 28.7 Å². The molecule has 12 aromatic rings. The Labute approximate surface area is 754 Å². The summed E-state index contributed by atoms with van der Waals surface area (Å²) in [5, 5.41) is 25.5. The fraction of sp³-hybridized carbons (Fsp3) is 0.239. The summed E-state index contributed by atoms with van der Waals surface area (Å²) < 4.78 is 41.2. The average molecular weight is 1890 g/mol. The smallest absolute Gasteiger partial charge is 0.337 e. The van der Waals surface area contributed by atoms with Crippen LogP contribution in [-0.4, -0.2) is 108 Å². The van der Waals surface area contributed by atoms with E-state index in [0.717, 1.165) is 62.5 Å². The number of hydrogen-bond donors (Lipinski definition) is 7. The second-order valence-electron chi connectivity index (χ2n) is 28.4. The first kappa shape index (κ1) is 95.1. The number of aliphatic hydroxyl groups is 1. The van der Waals surface area contributed by atoms with Crippen LogP contribution >= 0.6 is 127 Å². The van der Waals surface area contributed by atoms with Gasteiger partial charge in [0.05, 0.1) is 76.2 Å². The van der Waals surface area contributed by atoms with Crippen LogP contribution in [0.15, 0.2) is 127 Å². The van der Waals surface area contributed by atoms with Gasteiger partial charge in [0.1, 0.15) is 68.2 Å². The van der Waals surface area contributed by atoms with E-state index in [1.807, 2.05) is 54.6 Å². The summed E-state index contributed by atoms with van der Waals surface area (Å²) in [5.41, 5.74) is 27.9. The number of nitrogens with one attached hydrogen (secondary N) is 1. The molecule has 0 aliphatic heterocycles. The molecule has 23 nitrogen and oxygen atoms in total. The van der Waals surface area contributed by atoms with Crippen molar-refractivity contribution in [2.75, 3.05) is 27.4 Å². The lowest BCUT2D eigenvalue weighted by molar-refractivity contribution is -0.132. The predicted molar refractivity (Wildman–Crippen MR) is 480 cm³/mol. The van der Waals surface area contributed by atoms with Crippen molar-refractivity contribution in [1.29, 1.82) is 0 Å². The highest BCUT2D eigenvalue weighted by Crippen LogP contribution is 2.49. The molecule has 642 valence electrons. The molecule has 0 bridgehead atoms. The molecule has 13 rings (SSSR count). The first-order valence-corrected chi connectivity index (χ1v) is 43.3. The number of phenols is 1. The number of hydrogen-bond acceptors (Lipinski definition) is 23. The molecule has 8 aromatic carbocycles. The lowest BCUT2D eigenvalue weighted by Crippen LogP contribution is -2.31. The zero-order valence-electron chi connectivity index (χ0n) is 66.2. The summed E-state index contributed by atoms with van der Waals surface area (Å²) in [6.07, 6.45) is 1.57. The van der Waals surface area contributed by atoms with E-state index in [2.05, 4.69) is 19.2 Å². The van der Waals surface area contributed by atoms with E-state index in [1.165, 1.54) is 85.6 Å². The number of carbonyl (C=O) groups excluding carboxylic acids is 11. The highest BCUT2D eigenvalue weighted by Gasteiger charge is 2.33. The van der Waals surface area contributed by atoms with E-state index in [4.69, 9.17) is 128 Å². The number of nitrogens with two attached hydrogens (primary N) is 4. The number of methoxy groups -OCH3 is 2. The number of ether oxygens (including phenoxy) is 5. The van der Waals surface area contributed by atoms with Gasteiger partial charge in [-0.2, -0.15) is 0 Å². The molecule has 1 atom stereocenters. The molecular weight excluding hydrogens is 1810 g/mol. The molecule has 1 saturated carbocycles. The first-order chi connectivity index (χ1) is 58.3. The number of halogens is 8. The fourth-order valence-electron chi connectivity index (χ4n) is 12.9. The van der Waals surface area contributed by atoms with Crippen LogP contribution in [0.2, 0.25) is 35.2 Å². The van der Waals surface area contributed by atoms with E-state index >= 15 is 0 Å². The van der Waals surface area contributed by atoms with E-state index in [0.29, 0.717) is 96.8 Å².